The summed E-state index contributed by atoms with van der Waals surface area (Å²) in [5.74, 6) is 0. The van der Waals surface area contributed by atoms with Crippen LogP contribution in [0.3, 0.4) is 0 Å². The average Bonchev–Trinajstić information content (AvgIpc) is 3.33. The molecule has 0 saturated carbocycles. The molecule has 0 bridgehead atoms. The Morgan fingerprint density at radius 2 is 1.00 bits per heavy atom. The Balaban J connectivity index is 1.06. The van der Waals surface area contributed by atoms with Gasteiger partial charge in [-0.25, -0.2) is 8.42 Å². The molecule has 0 fully saturated rings. The van der Waals surface area contributed by atoms with Crippen molar-refractivity contribution in [3.63, 3.8) is 0 Å². The topological polar surface area (TPSA) is 37.4 Å². The van der Waals surface area contributed by atoms with Crippen LogP contribution < -0.4 is 4.90 Å². The van der Waals surface area contributed by atoms with Crippen LogP contribution in [0.25, 0.3) is 33.0 Å². The molecule has 0 unspecified atom stereocenters. The number of rotatable bonds is 4. The number of nitrogens with zero attached hydrogens (tertiary/aromatic N) is 1. The van der Waals surface area contributed by atoms with Gasteiger partial charge in [-0.05, 0) is 112 Å². The minimum atomic E-state index is -3.47. The fourth-order valence-electron chi connectivity index (χ4n) is 7.20. The molecule has 220 valence electrons. The van der Waals surface area contributed by atoms with Crippen LogP contribution in [-0.4, -0.2) is 8.42 Å². The number of benzene rings is 7. The van der Waals surface area contributed by atoms with E-state index in [1.165, 1.54) is 33.0 Å². The first-order valence-corrected chi connectivity index (χ1v) is 17.1. The lowest BCUT2D eigenvalue weighted by Crippen LogP contribution is -2.10. The lowest BCUT2D eigenvalue weighted by atomic mass is 9.83. The van der Waals surface area contributed by atoms with E-state index in [0.717, 1.165) is 52.2 Å². The van der Waals surface area contributed by atoms with Crippen LogP contribution in [-0.2, 0) is 22.7 Å². The van der Waals surface area contributed by atoms with Gasteiger partial charge in [-0.3, -0.25) is 0 Å². The molecule has 7 aromatic carbocycles. The highest BCUT2D eigenvalue weighted by atomic mass is 32.2. The maximum Gasteiger partial charge on any atom is 0.207 e. The van der Waals surface area contributed by atoms with E-state index in [0.29, 0.717) is 9.79 Å². The Bertz CT molecular complexity index is 2390. The van der Waals surface area contributed by atoms with Crippen molar-refractivity contribution in [3.05, 3.63) is 174 Å². The minimum Gasteiger partial charge on any atom is -0.310 e. The lowest BCUT2D eigenvalue weighted by Gasteiger charge is -2.26. The van der Waals surface area contributed by atoms with E-state index in [4.69, 9.17) is 0 Å². The molecule has 1 heterocycles. The zero-order chi connectivity index (χ0) is 30.8. The number of para-hydroxylation sites is 2. The summed E-state index contributed by atoms with van der Waals surface area (Å²) in [6.07, 6.45) is 1.76. The van der Waals surface area contributed by atoms with Crippen molar-refractivity contribution >= 4 is 37.7 Å². The number of anilines is 3. The molecule has 0 aromatic heterocycles. The second-order valence-electron chi connectivity index (χ2n) is 12.2. The SMILES string of the molecule is O=S1(=O)c2ccccc2-c2cc(-c3ccc4c(c3)Cc3cc5ccc(N(c6ccccc6)c6ccccc6)cc5cc3C4)ccc21. The van der Waals surface area contributed by atoms with Crippen molar-refractivity contribution in [1.82, 2.24) is 0 Å². The van der Waals surface area contributed by atoms with Crippen LogP contribution in [0.2, 0.25) is 0 Å². The number of hydrogen-bond donors (Lipinski definition) is 0. The summed E-state index contributed by atoms with van der Waals surface area (Å²) < 4.78 is 26.2. The summed E-state index contributed by atoms with van der Waals surface area (Å²) in [6.45, 7) is 0. The first-order valence-electron chi connectivity index (χ1n) is 15.6. The molecule has 4 heteroatoms. The molecule has 0 N–H and O–H groups in total. The van der Waals surface area contributed by atoms with Crippen molar-refractivity contribution in [1.29, 1.82) is 0 Å². The van der Waals surface area contributed by atoms with Gasteiger partial charge >= 0.3 is 0 Å². The van der Waals surface area contributed by atoms with Crippen molar-refractivity contribution in [2.45, 2.75) is 22.6 Å². The van der Waals surface area contributed by atoms with E-state index in [1.807, 2.05) is 24.3 Å². The smallest absolute Gasteiger partial charge is 0.207 e. The van der Waals surface area contributed by atoms with E-state index in [9.17, 15) is 8.42 Å². The largest absolute Gasteiger partial charge is 0.310 e. The molecule has 0 radical (unpaired) electrons. The van der Waals surface area contributed by atoms with Gasteiger partial charge in [-0.2, -0.15) is 0 Å². The predicted molar refractivity (Wildman–Crippen MR) is 187 cm³/mol. The molecule has 0 saturated heterocycles. The van der Waals surface area contributed by atoms with E-state index in [1.54, 1.807) is 18.2 Å². The first kappa shape index (κ1) is 26.9. The van der Waals surface area contributed by atoms with Gasteiger partial charge in [0, 0.05) is 28.2 Å². The fraction of sp³-hybridized carbons (Fsp3) is 0.0476. The Morgan fingerprint density at radius 1 is 0.413 bits per heavy atom. The quantitative estimate of drug-likeness (QED) is 0.199. The number of hydrogen-bond acceptors (Lipinski definition) is 3. The highest BCUT2D eigenvalue weighted by molar-refractivity contribution is 7.92. The lowest BCUT2D eigenvalue weighted by molar-refractivity contribution is 0.598. The normalized spacial score (nSPS) is 13.8. The summed E-state index contributed by atoms with van der Waals surface area (Å²) in [5, 5.41) is 2.48. The summed E-state index contributed by atoms with van der Waals surface area (Å²) in [7, 11) is -3.47. The van der Waals surface area contributed by atoms with Crippen LogP contribution in [0.5, 0.6) is 0 Å². The van der Waals surface area contributed by atoms with Crippen molar-refractivity contribution in [3.8, 4) is 22.3 Å². The second kappa shape index (κ2) is 10.3. The van der Waals surface area contributed by atoms with Gasteiger partial charge in [0.1, 0.15) is 0 Å². The molecule has 1 aliphatic heterocycles. The highest BCUT2D eigenvalue weighted by Crippen LogP contribution is 2.45. The van der Waals surface area contributed by atoms with E-state index >= 15 is 0 Å². The zero-order valence-electron chi connectivity index (χ0n) is 25.0. The molecular formula is C42H29NO2S. The summed E-state index contributed by atoms with van der Waals surface area (Å²) >= 11 is 0. The maximum atomic E-state index is 13.1. The van der Waals surface area contributed by atoms with Crippen LogP contribution in [0.15, 0.2) is 161 Å². The van der Waals surface area contributed by atoms with Crippen LogP contribution in [0.4, 0.5) is 17.1 Å². The zero-order valence-corrected chi connectivity index (χ0v) is 25.8. The van der Waals surface area contributed by atoms with Gasteiger partial charge in [-0.1, -0.05) is 97.1 Å². The number of fused-ring (bicyclic) bond motifs is 6. The van der Waals surface area contributed by atoms with E-state index < -0.39 is 9.84 Å². The molecule has 46 heavy (non-hydrogen) atoms. The third kappa shape index (κ3) is 4.29. The molecule has 2 aliphatic rings. The van der Waals surface area contributed by atoms with E-state index in [2.05, 4.69) is 114 Å². The van der Waals surface area contributed by atoms with E-state index in [-0.39, 0.29) is 0 Å². The highest BCUT2D eigenvalue weighted by Gasteiger charge is 2.32. The molecule has 1 aliphatic carbocycles. The molecule has 0 atom stereocenters. The molecule has 9 rings (SSSR count). The average molecular weight is 612 g/mol. The Morgan fingerprint density at radius 3 is 1.76 bits per heavy atom. The predicted octanol–water partition coefficient (Wildman–Crippen LogP) is 10.3. The molecule has 0 spiro atoms. The standard InChI is InChI=1S/C42H29NO2S/c44-46(45)41-14-8-7-13-39(41)40-27-31(18-20-42(40)46)28-15-16-29-22-34-25-35-26-38(19-17-30(35)23-33(34)24-32(29)21-28)43(36-9-3-1-4-10-36)37-11-5-2-6-12-37/h1-21,23,25-27H,22,24H2. The van der Waals surface area contributed by atoms with Gasteiger partial charge < -0.3 is 4.90 Å². The van der Waals surface area contributed by atoms with Crippen molar-refractivity contribution in [2.24, 2.45) is 0 Å². The first-order chi connectivity index (χ1) is 22.5. The third-order valence-corrected chi connectivity index (χ3v) is 11.3. The maximum absolute atomic E-state index is 13.1. The summed E-state index contributed by atoms with van der Waals surface area (Å²) in [5.41, 5.74) is 12.5. The second-order valence-corrected chi connectivity index (χ2v) is 14.1. The van der Waals surface area contributed by atoms with Crippen LogP contribution in [0.1, 0.15) is 22.3 Å². The van der Waals surface area contributed by atoms with Crippen LogP contribution in [0, 0.1) is 0 Å². The molecule has 3 nitrogen and oxygen atoms in total. The number of sulfone groups is 1. The minimum absolute atomic E-state index is 0.398. The Hall–Kier alpha value is -5.45. The molecular weight excluding hydrogens is 583 g/mol. The van der Waals surface area contributed by atoms with Gasteiger partial charge in [0.15, 0.2) is 0 Å². The van der Waals surface area contributed by atoms with Crippen LogP contribution >= 0.6 is 0 Å². The van der Waals surface area contributed by atoms with Gasteiger partial charge in [-0.15, -0.1) is 0 Å². The van der Waals surface area contributed by atoms with Crippen molar-refractivity contribution < 1.29 is 8.42 Å². The van der Waals surface area contributed by atoms with Gasteiger partial charge in [0.05, 0.1) is 9.79 Å². The monoisotopic (exact) mass is 611 g/mol. The Labute approximate surface area is 269 Å². The Kier molecular flexibility index (Phi) is 6.02. The fourth-order valence-corrected chi connectivity index (χ4v) is 8.87. The molecule has 0 amide bonds. The third-order valence-electron chi connectivity index (χ3n) is 9.47. The van der Waals surface area contributed by atoms with Crippen molar-refractivity contribution in [2.75, 3.05) is 4.90 Å². The van der Waals surface area contributed by atoms with Gasteiger partial charge in [0.2, 0.25) is 9.84 Å². The summed E-state index contributed by atoms with van der Waals surface area (Å²) in [4.78, 5) is 3.11. The summed E-state index contributed by atoms with van der Waals surface area (Å²) in [6, 6.07) is 52.3. The van der Waals surface area contributed by atoms with Gasteiger partial charge in [0.25, 0.3) is 0 Å². The molecule has 7 aromatic rings.